The van der Waals surface area contributed by atoms with Crippen LogP contribution in [0.15, 0.2) is 29.6 Å². The van der Waals surface area contributed by atoms with Gasteiger partial charge in [-0.05, 0) is 30.8 Å². The first kappa shape index (κ1) is 14.2. The molecule has 0 bridgehead atoms. The molecular weight excluding hydrogens is 246 g/mol. The van der Waals surface area contributed by atoms with E-state index in [4.69, 9.17) is 17.6 Å². The standard InChI is InChI=1S/C12H17N5S/c1-8(10-5-4-6-15-7-10)11(13)9(2)16-17-12(18)14-3/h4-8,13H,1-3H3,(H2,14,17,18)/b13-11?,16-9+. The number of rotatable bonds is 4. The summed E-state index contributed by atoms with van der Waals surface area (Å²) in [6.45, 7) is 3.73. The summed E-state index contributed by atoms with van der Waals surface area (Å²) in [5.41, 5.74) is 4.71. The molecule has 0 saturated carbocycles. The number of hydrogen-bond acceptors (Lipinski definition) is 4. The lowest BCUT2D eigenvalue weighted by Gasteiger charge is -2.13. The first-order chi connectivity index (χ1) is 8.56. The highest BCUT2D eigenvalue weighted by Crippen LogP contribution is 2.15. The van der Waals surface area contributed by atoms with Crippen molar-refractivity contribution in [3.63, 3.8) is 0 Å². The molecule has 1 unspecified atom stereocenters. The second-order valence-electron chi connectivity index (χ2n) is 3.81. The summed E-state index contributed by atoms with van der Waals surface area (Å²) < 4.78 is 0. The average Bonchev–Trinajstić information content (AvgIpc) is 2.43. The summed E-state index contributed by atoms with van der Waals surface area (Å²) in [5.74, 6) is -0.0487. The van der Waals surface area contributed by atoms with Gasteiger partial charge in [0.15, 0.2) is 5.11 Å². The summed E-state index contributed by atoms with van der Waals surface area (Å²) in [7, 11) is 1.71. The SMILES string of the molecule is CNC(=S)N/N=C(\C)C(=N)C(C)c1cccnc1. The highest BCUT2D eigenvalue weighted by Gasteiger charge is 2.14. The van der Waals surface area contributed by atoms with Gasteiger partial charge in [-0.3, -0.25) is 10.4 Å². The van der Waals surface area contributed by atoms with Crippen LogP contribution in [-0.2, 0) is 0 Å². The fourth-order valence-corrected chi connectivity index (χ4v) is 1.41. The molecule has 1 aromatic heterocycles. The van der Waals surface area contributed by atoms with E-state index in [2.05, 4.69) is 20.8 Å². The van der Waals surface area contributed by atoms with Crippen LogP contribution in [0.4, 0.5) is 0 Å². The van der Waals surface area contributed by atoms with Gasteiger partial charge in [-0.25, -0.2) is 0 Å². The molecule has 96 valence electrons. The summed E-state index contributed by atoms with van der Waals surface area (Å²) in [5, 5.41) is 15.3. The van der Waals surface area contributed by atoms with Crippen molar-refractivity contribution in [1.82, 2.24) is 15.7 Å². The maximum absolute atomic E-state index is 8.08. The lowest BCUT2D eigenvalue weighted by atomic mass is 9.95. The van der Waals surface area contributed by atoms with Gasteiger partial charge in [0.1, 0.15) is 0 Å². The van der Waals surface area contributed by atoms with Crippen LogP contribution in [0.5, 0.6) is 0 Å². The van der Waals surface area contributed by atoms with Crippen molar-refractivity contribution in [2.24, 2.45) is 5.10 Å². The summed E-state index contributed by atoms with van der Waals surface area (Å²) >= 11 is 4.91. The van der Waals surface area contributed by atoms with E-state index in [1.54, 1.807) is 26.4 Å². The van der Waals surface area contributed by atoms with Crippen molar-refractivity contribution in [1.29, 1.82) is 5.41 Å². The second kappa shape index (κ2) is 6.80. The largest absolute Gasteiger partial charge is 0.364 e. The van der Waals surface area contributed by atoms with Crippen molar-refractivity contribution in [3.8, 4) is 0 Å². The van der Waals surface area contributed by atoms with Crippen molar-refractivity contribution in [3.05, 3.63) is 30.1 Å². The Morgan fingerprint density at radius 1 is 1.56 bits per heavy atom. The topological polar surface area (TPSA) is 73.2 Å². The molecule has 1 atom stereocenters. The van der Waals surface area contributed by atoms with E-state index >= 15 is 0 Å². The molecule has 6 heteroatoms. The molecule has 3 N–H and O–H groups in total. The minimum absolute atomic E-state index is 0.0487. The monoisotopic (exact) mass is 263 g/mol. The number of nitrogens with zero attached hydrogens (tertiary/aromatic N) is 2. The molecule has 0 saturated heterocycles. The van der Waals surface area contributed by atoms with Crippen LogP contribution in [0.3, 0.4) is 0 Å². The molecule has 18 heavy (non-hydrogen) atoms. The number of pyridine rings is 1. The van der Waals surface area contributed by atoms with Gasteiger partial charge in [-0.1, -0.05) is 13.0 Å². The van der Waals surface area contributed by atoms with Crippen molar-refractivity contribution < 1.29 is 0 Å². The summed E-state index contributed by atoms with van der Waals surface area (Å²) in [6, 6.07) is 3.81. The third kappa shape index (κ3) is 3.89. The van der Waals surface area contributed by atoms with E-state index < -0.39 is 0 Å². The van der Waals surface area contributed by atoms with E-state index in [0.717, 1.165) is 5.56 Å². The third-order valence-electron chi connectivity index (χ3n) is 2.56. The van der Waals surface area contributed by atoms with Crippen LogP contribution >= 0.6 is 12.2 Å². The lowest BCUT2D eigenvalue weighted by Crippen LogP contribution is -2.30. The zero-order valence-corrected chi connectivity index (χ0v) is 11.5. The van der Waals surface area contributed by atoms with E-state index in [-0.39, 0.29) is 5.92 Å². The lowest BCUT2D eigenvalue weighted by molar-refractivity contribution is 0.964. The zero-order valence-electron chi connectivity index (χ0n) is 10.7. The molecule has 1 aromatic rings. The molecule has 5 nitrogen and oxygen atoms in total. The summed E-state index contributed by atoms with van der Waals surface area (Å²) in [4.78, 5) is 4.05. The Hall–Kier alpha value is -1.82. The van der Waals surface area contributed by atoms with Crippen molar-refractivity contribution in [2.75, 3.05) is 7.05 Å². The van der Waals surface area contributed by atoms with Crippen LogP contribution in [0, 0.1) is 5.41 Å². The fourth-order valence-electron chi connectivity index (χ4n) is 1.36. The molecule has 0 fully saturated rings. The molecule has 0 aliphatic heterocycles. The molecule has 0 aromatic carbocycles. The Balaban J connectivity index is 2.72. The Kier molecular flexibility index (Phi) is 5.38. The highest BCUT2D eigenvalue weighted by molar-refractivity contribution is 7.80. The van der Waals surface area contributed by atoms with Crippen LogP contribution in [0.1, 0.15) is 25.3 Å². The highest BCUT2D eigenvalue weighted by atomic mass is 32.1. The van der Waals surface area contributed by atoms with Crippen LogP contribution < -0.4 is 10.7 Å². The van der Waals surface area contributed by atoms with Gasteiger partial charge in [-0.15, -0.1) is 0 Å². The third-order valence-corrected chi connectivity index (χ3v) is 2.85. The quantitative estimate of drug-likeness (QED) is 0.439. The maximum Gasteiger partial charge on any atom is 0.186 e. The van der Waals surface area contributed by atoms with Gasteiger partial charge < -0.3 is 10.7 Å². The maximum atomic E-state index is 8.08. The Morgan fingerprint density at radius 2 is 2.28 bits per heavy atom. The fraction of sp³-hybridized carbons (Fsp3) is 0.333. The van der Waals surface area contributed by atoms with Gasteiger partial charge in [-0.2, -0.15) is 5.10 Å². The predicted molar refractivity (Wildman–Crippen MR) is 78.3 cm³/mol. The van der Waals surface area contributed by atoms with Gasteiger partial charge in [0.2, 0.25) is 0 Å². The van der Waals surface area contributed by atoms with Gasteiger partial charge in [0, 0.05) is 25.4 Å². The molecule has 0 aliphatic carbocycles. The molecule has 0 radical (unpaired) electrons. The van der Waals surface area contributed by atoms with E-state index in [1.165, 1.54) is 0 Å². The first-order valence-corrected chi connectivity index (χ1v) is 5.97. The Morgan fingerprint density at radius 3 is 2.83 bits per heavy atom. The average molecular weight is 263 g/mol. The summed E-state index contributed by atoms with van der Waals surface area (Å²) in [6.07, 6.45) is 3.48. The van der Waals surface area contributed by atoms with Gasteiger partial charge in [0.05, 0.1) is 11.4 Å². The Labute approximate surface area is 112 Å². The van der Waals surface area contributed by atoms with Crippen molar-refractivity contribution in [2.45, 2.75) is 19.8 Å². The molecule has 1 heterocycles. The predicted octanol–water partition coefficient (Wildman–Crippen LogP) is 1.67. The molecule has 0 spiro atoms. The molecule has 0 aliphatic rings. The first-order valence-electron chi connectivity index (χ1n) is 5.57. The number of nitrogens with one attached hydrogen (secondary N) is 3. The zero-order chi connectivity index (χ0) is 13.5. The Bertz CT molecular complexity index is 455. The minimum atomic E-state index is -0.0487. The van der Waals surface area contributed by atoms with Crippen molar-refractivity contribution >= 4 is 28.8 Å². The number of hydrazone groups is 1. The van der Waals surface area contributed by atoms with E-state index in [0.29, 0.717) is 16.5 Å². The number of aromatic nitrogens is 1. The van der Waals surface area contributed by atoms with Gasteiger partial charge >= 0.3 is 0 Å². The van der Waals surface area contributed by atoms with Crippen LogP contribution in [-0.4, -0.2) is 28.6 Å². The second-order valence-corrected chi connectivity index (χ2v) is 4.22. The van der Waals surface area contributed by atoms with E-state index in [1.807, 2.05) is 19.1 Å². The van der Waals surface area contributed by atoms with Crippen LogP contribution in [0.2, 0.25) is 0 Å². The van der Waals surface area contributed by atoms with Gasteiger partial charge in [0.25, 0.3) is 0 Å². The van der Waals surface area contributed by atoms with Crippen LogP contribution in [0.25, 0.3) is 0 Å². The minimum Gasteiger partial charge on any atom is -0.364 e. The molecule has 0 amide bonds. The number of thiocarbonyl (C=S) groups is 1. The number of hydrogen-bond donors (Lipinski definition) is 3. The smallest absolute Gasteiger partial charge is 0.186 e. The normalized spacial score (nSPS) is 12.7. The molecular formula is C12H17N5S. The molecule has 1 rings (SSSR count). The van der Waals surface area contributed by atoms with E-state index in [9.17, 15) is 0 Å².